The zero-order chi connectivity index (χ0) is 8.88. The van der Waals surface area contributed by atoms with E-state index in [2.05, 4.69) is 32.7 Å². The Labute approximate surface area is 73.8 Å². The number of aryl methyl sites for hydroxylation is 2. The molecular weight excluding hydrogens is 146 g/mol. The van der Waals surface area contributed by atoms with E-state index in [9.17, 15) is 0 Å². The maximum Gasteiger partial charge on any atom is 0.0414 e. The van der Waals surface area contributed by atoms with Crippen LogP contribution in [0.5, 0.6) is 0 Å². The Balaban J connectivity index is 2.59. The summed E-state index contributed by atoms with van der Waals surface area (Å²) in [5.41, 5.74) is 7.06. The first-order valence-electron chi connectivity index (χ1n) is 4.60. The lowest BCUT2D eigenvalue weighted by Gasteiger charge is -2.08. The van der Waals surface area contributed by atoms with Gasteiger partial charge in [0.15, 0.2) is 0 Å². The van der Waals surface area contributed by atoms with E-state index >= 15 is 0 Å². The van der Waals surface area contributed by atoms with Crippen molar-refractivity contribution in [1.82, 2.24) is 4.98 Å². The molecule has 0 saturated heterocycles. The fourth-order valence-electron chi connectivity index (χ4n) is 2.10. The lowest BCUT2D eigenvalue weighted by atomic mass is 10.0. The summed E-state index contributed by atoms with van der Waals surface area (Å²) in [6, 6.07) is 0. The standard InChI is InChI=1S/C11H15N/c1-6(2)11-8(4)12-7(3)9-5-10(9)11/h6H,5H2,1-4H3. The van der Waals surface area contributed by atoms with Crippen molar-refractivity contribution in [3.8, 4) is 0 Å². The Morgan fingerprint density at radius 2 is 1.75 bits per heavy atom. The molecule has 0 spiro atoms. The monoisotopic (exact) mass is 161 g/mol. The van der Waals surface area contributed by atoms with E-state index in [1.165, 1.54) is 28.9 Å². The van der Waals surface area contributed by atoms with Gasteiger partial charge in [-0.1, -0.05) is 13.8 Å². The molecule has 0 N–H and O–H groups in total. The molecule has 0 unspecified atom stereocenters. The van der Waals surface area contributed by atoms with E-state index in [1.807, 2.05) is 0 Å². The first-order valence-corrected chi connectivity index (χ1v) is 4.60. The molecule has 0 aromatic carbocycles. The highest BCUT2D eigenvalue weighted by atomic mass is 14.7. The van der Waals surface area contributed by atoms with Gasteiger partial charge >= 0.3 is 0 Å². The molecule has 1 aromatic heterocycles. The molecule has 64 valence electrons. The van der Waals surface area contributed by atoms with Crippen LogP contribution in [0.2, 0.25) is 0 Å². The predicted octanol–water partition coefficient (Wildman–Crippen LogP) is 2.73. The molecule has 0 amide bonds. The average Bonchev–Trinajstić information content (AvgIpc) is 2.65. The van der Waals surface area contributed by atoms with Crippen molar-refractivity contribution in [2.75, 3.05) is 0 Å². The molecule has 0 atom stereocenters. The third-order valence-corrected chi connectivity index (χ3v) is 2.66. The first-order chi connectivity index (χ1) is 5.61. The van der Waals surface area contributed by atoms with Crippen molar-refractivity contribution < 1.29 is 0 Å². The maximum absolute atomic E-state index is 4.55. The second kappa shape index (κ2) is 2.32. The molecule has 2 rings (SSSR count). The van der Waals surface area contributed by atoms with E-state index in [-0.39, 0.29) is 0 Å². The van der Waals surface area contributed by atoms with Gasteiger partial charge in [-0.3, -0.25) is 4.98 Å². The minimum atomic E-state index is 0.634. The van der Waals surface area contributed by atoms with E-state index < -0.39 is 0 Å². The van der Waals surface area contributed by atoms with Gasteiger partial charge in [0.2, 0.25) is 0 Å². The molecule has 1 heterocycles. The van der Waals surface area contributed by atoms with Crippen molar-refractivity contribution in [2.45, 2.75) is 40.0 Å². The maximum atomic E-state index is 4.55. The smallest absolute Gasteiger partial charge is 0.0414 e. The molecule has 0 aliphatic heterocycles. The average molecular weight is 161 g/mol. The number of nitrogens with zero attached hydrogens (tertiary/aromatic N) is 1. The summed E-state index contributed by atoms with van der Waals surface area (Å²) in [6.07, 6.45) is 1.19. The van der Waals surface area contributed by atoms with Gasteiger partial charge in [0.1, 0.15) is 0 Å². The lowest BCUT2D eigenvalue weighted by molar-refractivity contribution is 0.839. The fraction of sp³-hybridized carbons (Fsp3) is 0.545. The van der Waals surface area contributed by atoms with Crippen LogP contribution >= 0.6 is 0 Å². The number of rotatable bonds is 1. The highest BCUT2D eigenvalue weighted by Gasteiger charge is 2.27. The summed E-state index contributed by atoms with van der Waals surface area (Å²) in [5, 5.41) is 0. The molecule has 12 heavy (non-hydrogen) atoms. The Hall–Kier alpha value is -0.850. The molecule has 0 radical (unpaired) electrons. The molecular formula is C11H15N. The van der Waals surface area contributed by atoms with Crippen LogP contribution in [0.1, 0.15) is 47.8 Å². The topological polar surface area (TPSA) is 12.9 Å². The van der Waals surface area contributed by atoms with E-state index in [1.54, 1.807) is 5.56 Å². The molecule has 1 aliphatic rings. The van der Waals surface area contributed by atoms with Crippen molar-refractivity contribution >= 4 is 0 Å². The second-order valence-corrected chi connectivity index (χ2v) is 3.98. The number of fused-ring (bicyclic) bond motifs is 1. The fourth-order valence-corrected chi connectivity index (χ4v) is 2.10. The van der Waals surface area contributed by atoms with Gasteiger partial charge in [-0.15, -0.1) is 0 Å². The zero-order valence-corrected chi connectivity index (χ0v) is 8.23. The van der Waals surface area contributed by atoms with Crippen LogP contribution in [0.15, 0.2) is 0 Å². The van der Waals surface area contributed by atoms with Crippen LogP contribution in [0, 0.1) is 13.8 Å². The van der Waals surface area contributed by atoms with Crippen LogP contribution in [0.4, 0.5) is 0 Å². The Morgan fingerprint density at radius 1 is 1.08 bits per heavy atom. The number of hydrogen-bond donors (Lipinski definition) is 0. The molecule has 0 fully saturated rings. The summed E-state index contributed by atoms with van der Waals surface area (Å²) in [7, 11) is 0. The van der Waals surface area contributed by atoms with E-state index in [4.69, 9.17) is 0 Å². The highest BCUT2D eigenvalue weighted by Crippen LogP contribution is 2.38. The Bertz CT molecular complexity index is 334. The Kier molecular flexibility index (Phi) is 1.50. The third-order valence-electron chi connectivity index (χ3n) is 2.66. The van der Waals surface area contributed by atoms with Crippen LogP contribution in [-0.4, -0.2) is 4.98 Å². The van der Waals surface area contributed by atoms with Crippen LogP contribution in [0.3, 0.4) is 0 Å². The number of aromatic nitrogens is 1. The minimum absolute atomic E-state index is 0.634. The summed E-state index contributed by atoms with van der Waals surface area (Å²) in [6.45, 7) is 8.74. The van der Waals surface area contributed by atoms with E-state index in [0.29, 0.717) is 5.92 Å². The van der Waals surface area contributed by atoms with Gasteiger partial charge in [-0.25, -0.2) is 0 Å². The summed E-state index contributed by atoms with van der Waals surface area (Å²) < 4.78 is 0. The van der Waals surface area contributed by atoms with Gasteiger partial charge in [-0.05, 0) is 36.5 Å². The van der Waals surface area contributed by atoms with Gasteiger partial charge in [0.05, 0.1) is 0 Å². The van der Waals surface area contributed by atoms with Crippen molar-refractivity contribution in [3.63, 3.8) is 0 Å². The minimum Gasteiger partial charge on any atom is -0.258 e. The summed E-state index contributed by atoms with van der Waals surface area (Å²) >= 11 is 0. The van der Waals surface area contributed by atoms with Crippen LogP contribution in [-0.2, 0) is 6.42 Å². The molecule has 0 saturated carbocycles. The van der Waals surface area contributed by atoms with Gasteiger partial charge in [-0.2, -0.15) is 0 Å². The van der Waals surface area contributed by atoms with Crippen LogP contribution in [0.25, 0.3) is 0 Å². The number of hydrogen-bond acceptors (Lipinski definition) is 1. The van der Waals surface area contributed by atoms with Crippen molar-refractivity contribution in [2.24, 2.45) is 0 Å². The summed E-state index contributed by atoms with van der Waals surface area (Å²) in [4.78, 5) is 4.55. The largest absolute Gasteiger partial charge is 0.258 e. The third kappa shape index (κ3) is 0.961. The van der Waals surface area contributed by atoms with Gasteiger partial charge in [0, 0.05) is 17.8 Å². The molecule has 1 aliphatic carbocycles. The highest BCUT2D eigenvalue weighted by molar-refractivity contribution is 5.55. The van der Waals surface area contributed by atoms with Gasteiger partial charge < -0.3 is 0 Å². The van der Waals surface area contributed by atoms with Crippen molar-refractivity contribution in [1.29, 1.82) is 0 Å². The molecule has 1 nitrogen and oxygen atoms in total. The van der Waals surface area contributed by atoms with Gasteiger partial charge in [0.25, 0.3) is 0 Å². The molecule has 1 heteroatoms. The second-order valence-electron chi connectivity index (χ2n) is 3.98. The molecule has 0 bridgehead atoms. The predicted molar refractivity (Wildman–Crippen MR) is 50.6 cm³/mol. The Morgan fingerprint density at radius 3 is 2.33 bits per heavy atom. The zero-order valence-electron chi connectivity index (χ0n) is 8.23. The van der Waals surface area contributed by atoms with Crippen LogP contribution < -0.4 is 0 Å². The lowest BCUT2D eigenvalue weighted by Crippen LogP contribution is -1.96. The molecule has 1 aromatic rings. The van der Waals surface area contributed by atoms with E-state index in [0.717, 1.165) is 0 Å². The quantitative estimate of drug-likeness (QED) is 0.626. The summed E-state index contributed by atoms with van der Waals surface area (Å²) in [5.74, 6) is 0.634. The normalized spacial score (nSPS) is 13.4. The number of pyridine rings is 1. The first kappa shape index (κ1) is 7.78. The van der Waals surface area contributed by atoms with Crippen molar-refractivity contribution in [3.05, 3.63) is 28.1 Å². The SMILES string of the molecule is Cc1nc(C)c(C(C)C)c2c1C2.